The Balaban J connectivity index is 1.79. The molecule has 1 amide bonds. The van der Waals surface area contributed by atoms with E-state index in [-0.39, 0.29) is 11.8 Å². The molecule has 1 aromatic heterocycles. The molecule has 2 aliphatic rings. The molecule has 3 atom stereocenters. The van der Waals surface area contributed by atoms with Crippen molar-refractivity contribution in [3.8, 4) is 0 Å². The number of fused-ring (bicyclic) bond motifs is 1. The summed E-state index contributed by atoms with van der Waals surface area (Å²) in [4.78, 5) is 14.8. The summed E-state index contributed by atoms with van der Waals surface area (Å²) >= 11 is 5.53. The molecule has 28 heavy (non-hydrogen) atoms. The first-order chi connectivity index (χ1) is 14.1. The Hall–Kier alpha value is -1.77. The van der Waals surface area contributed by atoms with E-state index in [1.54, 1.807) is 25.7 Å². The fourth-order valence-electron chi connectivity index (χ4n) is 3.82. The molecule has 3 rings (SSSR count). The number of anilines is 1. The highest BCUT2D eigenvalue weighted by Gasteiger charge is 2.45. The lowest BCUT2D eigenvalue weighted by Gasteiger charge is -2.28. The van der Waals surface area contributed by atoms with Crippen molar-refractivity contribution in [2.45, 2.75) is 51.4 Å². The van der Waals surface area contributed by atoms with Crippen LogP contribution in [0.4, 0.5) is 23.8 Å². The molecule has 0 radical (unpaired) electrons. The molecule has 0 N–H and O–H groups in total. The van der Waals surface area contributed by atoms with Crippen LogP contribution >= 0.6 is 11.6 Å². The molecule has 10 heteroatoms. The maximum absolute atomic E-state index is 13.2. The van der Waals surface area contributed by atoms with Crippen LogP contribution in [0.5, 0.6) is 0 Å². The Bertz CT molecular complexity index is 834. The van der Waals surface area contributed by atoms with Gasteiger partial charge in [-0.3, -0.25) is 0 Å². The number of amides is 1. The summed E-state index contributed by atoms with van der Waals surface area (Å²) in [6, 6.07) is 0.0582. The topological polar surface area (TPSA) is 58.6 Å². The Kier molecular flexibility index (Phi) is 4.43. The van der Waals surface area contributed by atoms with Gasteiger partial charge in [0.25, 0.3) is 0 Å². The van der Waals surface area contributed by atoms with Crippen molar-refractivity contribution in [2.75, 3.05) is 25.0 Å². The number of carbonyl (C=O) groups excluding carboxylic acids is 1. The van der Waals surface area contributed by atoms with Crippen molar-refractivity contribution in [2.24, 2.45) is 11.8 Å². The molecule has 6 nitrogen and oxygen atoms in total. The average molecular weight is 424 g/mol. The van der Waals surface area contributed by atoms with Crippen LogP contribution in [0.1, 0.15) is 43.3 Å². The lowest BCUT2D eigenvalue weighted by molar-refractivity contribution is -0.137. The van der Waals surface area contributed by atoms with Gasteiger partial charge in [0, 0.05) is 30.2 Å². The van der Waals surface area contributed by atoms with E-state index in [0.29, 0.717) is 32.0 Å². The predicted molar refractivity (Wildman–Crippen MR) is 98.3 cm³/mol. The lowest BCUT2D eigenvalue weighted by atomic mass is 10.0. The second kappa shape index (κ2) is 7.24. The molecular formula is C18H24ClF3N4O2. The molecule has 1 aliphatic heterocycles. The third-order valence-electron chi connectivity index (χ3n) is 5.03. The monoisotopic (exact) mass is 423 g/mol. The van der Waals surface area contributed by atoms with E-state index in [4.69, 9.17) is 20.5 Å². The zero-order valence-corrected chi connectivity index (χ0v) is 16.5. The molecule has 0 aromatic carbocycles. The Labute approximate surface area is 171 Å². The molecule has 1 saturated heterocycles. The highest BCUT2D eigenvalue weighted by molar-refractivity contribution is 6.30. The van der Waals surface area contributed by atoms with Crippen LogP contribution in [0.25, 0.3) is 0 Å². The summed E-state index contributed by atoms with van der Waals surface area (Å²) in [6.07, 6.45) is -4.42. The molecule has 2 heterocycles. The molecule has 1 saturated carbocycles. The van der Waals surface area contributed by atoms with E-state index < -0.39 is 47.4 Å². The van der Waals surface area contributed by atoms with E-state index in [0.717, 1.165) is 4.90 Å². The lowest BCUT2D eigenvalue weighted by Crippen LogP contribution is -2.37. The number of hydrogen-bond acceptors (Lipinski definition) is 5. The summed E-state index contributed by atoms with van der Waals surface area (Å²) in [5.41, 5.74) is -1.86. The fraction of sp³-hybridized carbons (Fsp3) is 0.722. The first-order valence-electron chi connectivity index (χ1n) is 10.4. The number of aromatic nitrogens is 2. The smallest absolute Gasteiger partial charge is 0.419 e. The minimum atomic E-state index is -4.79. The normalized spacial score (nSPS) is 27.0. The summed E-state index contributed by atoms with van der Waals surface area (Å²) in [5, 5.41) is 6.13. The standard InChI is InChI=1S/C18H24ClF3N4O2/c1-17(2,3)28-16(27)26-8-10-5-12(6-11(10)9-26)25(4)14-7-13(18(20,21)22)15(19)24-23-14/h7,10-12H,5-6,8-9H2,1-4H3/t10-,11+,12?/i4D3. The van der Waals surface area contributed by atoms with Crippen LogP contribution in [-0.4, -0.2) is 52.9 Å². The van der Waals surface area contributed by atoms with Gasteiger partial charge in [0.15, 0.2) is 11.0 Å². The summed E-state index contributed by atoms with van der Waals surface area (Å²) in [7, 11) is 0. The van der Waals surface area contributed by atoms with E-state index >= 15 is 0 Å². The molecular weight excluding hydrogens is 397 g/mol. The molecule has 2 fully saturated rings. The molecule has 0 bridgehead atoms. The SMILES string of the molecule is [2H]C([2H])([2H])N(c1cc(C(F)(F)F)c(Cl)nn1)C1C[C@@H]2CN(C(=O)OC(C)(C)C)C[C@@H]2C1. The molecule has 1 aliphatic carbocycles. The molecule has 1 aromatic rings. The van der Waals surface area contributed by atoms with Gasteiger partial charge in [0.1, 0.15) is 5.60 Å². The van der Waals surface area contributed by atoms with E-state index in [9.17, 15) is 18.0 Å². The number of likely N-dealkylation sites (tertiary alicyclic amines) is 1. The largest absolute Gasteiger partial charge is 0.444 e. The maximum Gasteiger partial charge on any atom is 0.419 e. The number of carbonyl (C=O) groups is 1. The van der Waals surface area contributed by atoms with Crippen molar-refractivity contribution in [3.63, 3.8) is 0 Å². The minimum Gasteiger partial charge on any atom is -0.444 e. The average Bonchev–Trinajstić information content (AvgIpc) is 3.11. The van der Waals surface area contributed by atoms with Crippen LogP contribution in [0, 0.1) is 11.8 Å². The number of alkyl halides is 3. The quantitative estimate of drug-likeness (QED) is 0.712. The number of rotatable bonds is 2. The van der Waals surface area contributed by atoms with E-state index in [1.165, 1.54) is 0 Å². The van der Waals surface area contributed by atoms with Crippen molar-refractivity contribution in [3.05, 3.63) is 16.8 Å². The number of nitrogens with zero attached hydrogens (tertiary/aromatic N) is 4. The highest BCUT2D eigenvalue weighted by atomic mass is 35.5. The molecule has 0 spiro atoms. The first-order valence-corrected chi connectivity index (χ1v) is 9.32. The zero-order chi connectivity index (χ0) is 23.4. The van der Waals surface area contributed by atoms with Gasteiger partial charge >= 0.3 is 12.3 Å². The third kappa shape index (κ3) is 4.45. The van der Waals surface area contributed by atoms with E-state index in [1.807, 2.05) is 0 Å². The van der Waals surface area contributed by atoms with Gasteiger partial charge in [-0.15, -0.1) is 10.2 Å². The Morgan fingerprint density at radius 3 is 2.39 bits per heavy atom. The van der Waals surface area contributed by atoms with Crippen LogP contribution in [0.3, 0.4) is 0 Å². The summed E-state index contributed by atoms with van der Waals surface area (Å²) in [6.45, 7) is 3.41. The van der Waals surface area contributed by atoms with Crippen molar-refractivity contribution in [1.82, 2.24) is 15.1 Å². The van der Waals surface area contributed by atoms with E-state index in [2.05, 4.69) is 10.2 Å². The molecule has 156 valence electrons. The highest BCUT2D eigenvalue weighted by Crippen LogP contribution is 2.42. The Morgan fingerprint density at radius 2 is 1.89 bits per heavy atom. The second-order valence-electron chi connectivity index (χ2n) is 8.31. The first kappa shape index (κ1) is 17.1. The van der Waals surface area contributed by atoms with Crippen molar-refractivity contribution < 1.29 is 26.8 Å². The van der Waals surface area contributed by atoms with Gasteiger partial charge < -0.3 is 14.5 Å². The summed E-state index contributed by atoms with van der Waals surface area (Å²) < 4.78 is 68.7. The number of hydrogen-bond donors (Lipinski definition) is 0. The third-order valence-corrected chi connectivity index (χ3v) is 5.31. The van der Waals surface area contributed by atoms with Gasteiger partial charge in [-0.25, -0.2) is 4.79 Å². The zero-order valence-electron chi connectivity index (χ0n) is 18.8. The predicted octanol–water partition coefficient (Wildman–Crippen LogP) is 4.23. The fourth-order valence-corrected chi connectivity index (χ4v) is 4.02. The number of ether oxygens (including phenoxy) is 1. The second-order valence-corrected chi connectivity index (χ2v) is 8.66. The van der Waals surface area contributed by atoms with Crippen LogP contribution in [-0.2, 0) is 10.9 Å². The summed E-state index contributed by atoms with van der Waals surface area (Å²) in [5.74, 6) is -0.361. The van der Waals surface area contributed by atoms with Crippen molar-refractivity contribution in [1.29, 1.82) is 0 Å². The maximum atomic E-state index is 13.2. The van der Waals surface area contributed by atoms with Crippen LogP contribution in [0.2, 0.25) is 5.15 Å². The van der Waals surface area contributed by atoms with Gasteiger partial charge in [0.2, 0.25) is 0 Å². The van der Waals surface area contributed by atoms with Gasteiger partial charge in [0.05, 0.1) is 5.56 Å². The van der Waals surface area contributed by atoms with Crippen molar-refractivity contribution >= 4 is 23.5 Å². The van der Waals surface area contributed by atoms with Gasteiger partial charge in [-0.05, 0) is 51.5 Å². The van der Waals surface area contributed by atoms with Crippen LogP contribution in [0.15, 0.2) is 6.07 Å². The van der Waals surface area contributed by atoms with Crippen LogP contribution < -0.4 is 4.90 Å². The Morgan fingerprint density at radius 1 is 1.29 bits per heavy atom. The van der Waals surface area contributed by atoms with Gasteiger partial charge in [-0.2, -0.15) is 13.2 Å². The number of halogens is 4. The minimum absolute atomic E-state index is 0.0183. The molecule has 1 unspecified atom stereocenters. The van der Waals surface area contributed by atoms with Gasteiger partial charge in [-0.1, -0.05) is 11.6 Å².